The Morgan fingerprint density at radius 3 is 2.35 bits per heavy atom. The summed E-state index contributed by atoms with van der Waals surface area (Å²) in [5.74, 6) is 0. The van der Waals surface area contributed by atoms with Crippen LogP contribution in [0.2, 0.25) is 0 Å². The summed E-state index contributed by atoms with van der Waals surface area (Å²) in [5.41, 5.74) is 5.44. The van der Waals surface area contributed by atoms with E-state index in [1.807, 2.05) is 0 Å². The number of hydrogen-bond acceptors (Lipinski definition) is 2. The number of rotatable bonds is 6. The third-order valence-electron chi connectivity index (χ3n) is 3.33. The Morgan fingerprint density at radius 2 is 1.65 bits per heavy atom. The largest absolute Gasteiger partial charge is 0.309 e. The lowest BCUT2D eigenvalue weighted by Crippen LogP contribution is -2.17. The highest BCUT2D eigenvalue weighted by molar-refractivity contribution is 5.27. The van der Waals surface area contributed by atoms with Crippen LogP contribution in [0.25, 0.3) is 0 Å². The normalized spacial score (nSPS) is 11.0. The van der Waals surface area contributed by atoms with E-state index in [-0.39, 0.29) is 0 Å². The van der Waals surface area contributed by atoms with Crippen LogP contribution in [-0.2, 0) is 19.6 Å². The molecule has 0 aliphatic carbocycles. The van der Waals surface area contributed by atoms with Crippen molar-refractivity contribution in [2.24, 2.45) is 0 Å². The van der Waals surface area contributed by atoms with Gasteiger partial charge in [-0.1, -0.05) is 54.1 Å². The van der Waals surface area contributed by atoms with Gasteiger partial charge >= 0.3 is 0 Å². The second-order valence-corrected chi connectivity index (χ2v) is 5.60. The number of nitrogens with one attached hydrogen (secondary N) is 1. The van der Waals surface area contributed by atoms with Crippen molar-refractivity contribution in [2.75, 3.05) is 14.1 Å². The van der Waals surface area contributed by atoms with Crippen molar-refractivity contribution in [1.82, 2.24) is 10.2 Å². The smallest absolute Gasteiger partial charge is 0.0230 e. The van der Waals surface area contributed by atoms with Crippen LogP contribution in [-0.4, -0.2) is 19.0 Å². The molecule has 0 aliphatic heterocycles. The summed E-state index contributed by atoms with van der Waals surface area (Å²) >= 11 is 0. The molecular weight excluding hydrogens is 244 g/mol. The lowest BCUT2D eigenvalue weighted by molar-refractivity contribution is 0.400. The lowest BCUT2D eigenvalue weighted by atomic mass is 10.1. The highest BCUT2D eigenvalue weighted by atomic mass is 15.0. The highest BCUT2D eigenvalue weighted by Crippen LogP contribution is 2.11. The molecule has 2 rings (SSSR count). The summed E-state index contributed by atoms with van der Waals surface area (Å²) in [7, 11) is 4.22. The summed E-state index contributed by atoms with van der Waals surface area (Å²) in [4.78, 5) is 2.21. The van der Waals surface area contributed by atoms with E-state index in [1.165, 1.54) is 22.3 Å². The van der Waals surface area contributed by atoms with Crippen LogP contribution in [0.1, 0.15) is 22.3 Å². The predicted octanol–water partition coefficient (Wildman–Crippen LogP) is 3.35. The third kappa shape index (κ3) is 4.48. The van der Waals surface area contributed by atoms with Gasteiger partial charge in [-0.3, -0.25) is 0 Å². The first-order valence-corrected chi connectivity index (χ1v) is 7.13. The average Bonchev–Trinajstić information content (AvgIpc) is 2.40. The van der Waals surface area contributed by atoms with Gasteiger partial charge in [-0.25, -0.2) is 0 Å². The summed E-state index contributed by atoms with van der Waals surface area (Å²) in [6.07, 6.45) is 0. The van der Waals surface area contributed by atoms with Gasteiger partial charge < -0.3 is 10.2 Å². The van der Waals surface area contributed by atoms with Crippen LogP contribution < -0.4 is 5.32 Å². The Bertz CT molecular complexity index is 547. The molecule has 0 saturated heterocycles. The Labute approximate surface area is 122 Å². The van der Waals surface area contributed by atoms with Crippen LogP contribution in [0.4, 0.5) is 0 Å². The van der Waals surface area contributed by atoms with Gasteiger partial charge in [0.2, 0.25) is 0 Å². The summed E-state index contributed by atoms with van der Waals surface area (Å²) < 4.78 is 0. The zero-order valence-corrected chi connectivity index (χ0v) is 12.7. The molecule has 20 heavy (non-hydrogen) atoms. The second kappa shape index (κ2) is 7.22. The maximum absolute atomic E-state index is 3.54. The van der Waals surface area contributed by atoms with Crippen LogP contribution in [0.3, 0.4) is 0 Å². The zero-order chi connectivity index (χ0) is 14.4. The van der Waals surface area contributed by atoms with Gasteiger partial charge in [-0.2, -0.15) is 0 Å². The molecule has 0 heterocycles. The van der Waals surface area contributed by atoms with Crippen LogP contribution in [0.5, 0.6) is 0 Å². The van der Waals surface area contributed by atoms with Crippen molar-refractivity contribution in [2.45, 2.75) is 26.6 Å². The molecule has 1 N–H and O–H groups in total. The molecule has 0 radical (unpaired) electrons. The average molecular weight is 268 g/mol. The number of aryl methyl sites for hydroxylation is 1. The van der Waals surface area contributed by atoms with E-state index in [0.717, 1.165) is 19.6 Å². The van der Waals surface area contributed by atoms with Crippen molar-refractivity contribution in [1.29, 1.82) is 0 Å². The van der Waals surface area contributed by atoms with Crippen LogP contribution in [0, 0.1) is 6.92 Å². The number of nitrogens with zero attached hydrogens (tertiary/aromatic N) is 1. The third-order valence-corrected chi connectivity index (χ3v) is 3.33. The van der Waals surface area contributed by atoms with Gasteiger partial charge in [0.05, 0.1) is 0 Å². The standard InChI is InChI=1S/C18H24N2/c1-15-7-6-8-16(11-15)12-19-13-17-9-4-5-10-18(17)14-20(2)3/h4-11,19H,12-14H2,1-3H3. The lowest BCUT2D eigenvalue weighted by Gasteiger charge is -2.14. The van der Waals surface area contributed by atoms with Crippen LogP contribution >= 0.6 is 0 Å². The molecule has 0 bridgehead atoms. The molecule has 106 valence electrons. The first-order valence-electron chi connectivity index (χ1n) is 7.13. The first-order chi connectivity index (χ1) is 9.65. The molecular formula is C18H24N2. The molecule has 0 aliphatic rings. The summed E-state index contributed by atoms with van der Waals surface area (Å²) in [5, 5.41) is 3.54. The Balaban J connectivity index is 1.94. The highest BCUT2D eigenvalue weighted by Gasteiger charge is 2.02. The predicted molar refractivity (Wildman–Crippen MR) is 85.6 cm³/mol. The van der Waals surface area contributed by atoms with E-state index in [9.17, 15) is 0 Å². The zero-order valence-electron chi connectivity index (χ0n) is 12.7. The van der Waals surface area contributed by atoms with E-state index < -0.39 is 0 Å². The number of hydrogen-bond donors (Lipinski definition) is 1. The van der Waals surface area contributed by atoms with Gasteiger partial charge in [0.25, 0.3) is 0 Å². The molecule has 2 aromatic carbocycles. The molecule has 2 nitrogen and oxygen atoms in total. The summed E-state index contributed by atoms with van der Waals surface area (Å²) in [6, 6.07) is 17.3. The first kappa shape index (κ1) is 14.8. The summed E-state index contributed by atoms with van der Waals surface area (Å²) in [6.45, 7) is 4.95. The van der Waals surface area contributed by atoms with Crippen molar-refractivity contribution >= 4 is 0 Å². The van der Waals surface area contributed by atoms with Gasteiger partial charge in [0, 0.05) is 19.6 Å². The van der Waals surface area contributed by atoms with E-state index in [2.05, 4.69) is 79.8 Å². The van der Waals surface area contributed by atoms with Crippen molar-refractivity contribution in [3.05, 3.63) is 70.8 Å². The molecule has 0 unspecified atom stereocenters. The SMILES string of the molecule is Cc1cccc(CNCc2ccccc2CN(C)C)c1. The second-order valence-electron chi connectivity index (χ2n) is 5.60. The van der Waals surface area contributed by atoms with Crippen molar-refractivity contribution < 1.29 is 0 Å². The van der Waals surface area contributed by atoms with E-state index in [4.69, 9.17) is 0 Å². The maximum atomic E-state index is 3.54. The fourth-order valence-electron chi connectivity index (χ4n) is 2.39. The van der Waals surface area contributed by atoms with Gasteiger partial charge in [0.1, 0.15) is 0 Å². The fourth-order valence-corrected chi connectivity index (χ4v) is 2.39. The topological polar surface area (TPSA) is 15.3 Å². The maximum Gasteiger partial charge on any atom is 0.0230 e. The fraction of sp³-hybridized carbons (Fsp3) is 0.333. The quantitative estimate of drug-likeness (QED) is 0.864. The molecule has 0 saturated carbocycles. The van der Waals surface area contributed by atoms with Crippen LogP contribution in [0.15, 0.2) is 48.5 Å². The van der Waals surface area contributed by atoms with E-state index >= 15 is 0 Å². The van der Waals surface area contributed by atoms with E-state index in [1.54, 1.807) is 0 Å². The molecule has 0 spiro atoms. The van der Waals surface area contributed by atoms with Gasteiger partial charge in [0.15, 0.2) is 0 Å². The molecule has 0 aromatic heterocycles. The molecule has 0 amide bonds. The Hall–Kier alpha value is -1.64. The Morgan fingerprint density at radius 1 is 0.900 bits per heavy atom. The minimum atomic E-state index is 0.915. The monoisotopic (exact) mass is 268 g/mol. The minimum absolute atomic E-state index is 0.915. The van der Waals surface area contributed by atoms with Crippen molar-refractivity contribution in [3.63, 3.8) is 0 Å². The van der Waals surface area contributed by atoms with E-state index in [0.29, 0.717) is 0 Å². The minimum Gasteiger partial charge on any atom is -0.309 e. The Kier molecular flexibility index (Phi) is 5.33. The molecule has 2 heteroatoms. The van der Waals surface area contributed by atoms with Gasteiger partial charge in [-0.15, -0.1) is 0 Å². The molecule has 2 aromatic rings. The molecule has 0 fully saturated rings. The number of benzene rings is 2. The van der Waals surface area contributed by atoms with Crippen molar-refractivity contribution in [3.8, 4) is 0 Å². The molecule has 0 atom stereocenters. The van der Waals surface area contributed by atoms with Gasteiger partial charge in [-0.05, 0) is 37.7 Å².